The average molecular weight is 315 g/mol. The van der Waals surface area contributed by atoms with Crippen LogP contribution < -0.4 is 0 Å². The maximum atomic E-state index is 10.7. The number of hydrogen-bond donors (Lipinski definition) is 1. The fourth-order valence-corrected chi connectivity index (χ4v) is 5.21. The molecule has 4 nitrogen and oxygen atoms in total. The number of aliphatic hydroxyl groups is 1. The van der Waals surface area contributed by atoms with Crippen LogP contribution in [0.5, 0.6) is 0 Å². The molecule has 21 heavy (non-hydrogen) atoms. The first kappa shape index (κ1) is 16.1. The Balaban J connectivity index is 1.57. The quantitative estimate of drug-likeness (QED) is 0.861. The first-order chi connectivity index (χ1) is 10.1. The van der Waals surface area contributed by atoms with Crippen LogP contribution in [0.25, 0.3) is 0 Å². The van der Waals surface area contributed by atoms with Gasteiger partial charge in [-0.1, -0.05) is 0 Å². The molecule has 0 aromatic heterocycles. The van der Waals surface area contributed by atoms with E-state index in [0.29, 0.717) is 19.3 Å². The smallest absolute Gasteiger partial charge is 0.0817 e. The highest BCUT2D eigenvalue weighted by Gasteiger charge is 2.41. The van der Waals surface area contributed by atoms with Gasteiger partial charge in [-0.25, -0.2) is 0 Å². The van der Waals surface area contributed by atoms with Crippen molar-refractivity contribution in [3.05, 3.63) is 0 Å². The van der Waals surface area contributed by atoms with Gasteiger partial charge in [-0.05, 0) is 44.2 Å². The van der Waals surface area contributed by atoms with Gasteiger partial charge in [0.05, 0.1) is 11.2 Å². The molecule has 1 unspecified atom stereocenters. The van der Waals surface area contributed by atoms with Crippen molar-refractivity contribution in [3.8, 4) is 0 Å². The molecular weight excluding hydrogens is 286 g/mol. The normalized spacial score (nSPS) is 32.4. The Hall–Kier alpha value is 0.190. The molecule has 0 amide bonds. The summed E-state index contributed by atoms with van der Waals surface area (Å²) in [6, 6.07) is 0.550. The van der Waals surface area contributed by atoms with Gasteiger partial charge >= 0.3 is 0 Å². The van der Waals surface area contributed by atoms with Crippen molar-refractivity contribution < 1.29 is 14.6 Å². The summed E-state index contributed by atoms with van der Waals surface area (Å²) < 4.78 is 11.6. The second-order valence-corrected chi connectivity index (χ2v) is 8.27. The number of likely N-dealkylation sites (N-methyl/N-ethyl adjacent to an activating group) is 1. The van der Waals surface area contributed by atoms with Gasteiger partial charge in [0.2, 0.25) is 0 Å². The molecule has 1 atom stereocenters. The Labute approximate surface area is 132 Å². The Morgan fingerprint density at radius 1 is 1.14 bits per heavy atom. The van der Waals surface area contributed by atoms with E-state index in [4.69, 9.17) is 9.47 Å². The zero-order valence-electron chi connectivity index (χ0n) is 13.2. The highest BCUT2D eigenvalue weighted by Crippen LogP contribution is 2.39. The molecule has 3 aliphatic rings. The predicted octanol–water partition coefficient (Wildman–Crippen LogP) is 1.90. The summed E-state index contributed by atoms with van der Waals surface area (Å²) in [5.74, 6) is 2.47. The van der Waals surface area contributed by atoms with Gasteiger partial charge in [-0.2, -0.15) is 11.8 Å². The lowest BCUT2D eigenvalue weighted by Gasteiger charge is -2.47. The molecule has 1 N–H and O–H groups in total. The largest absolute Gasteiger partial charge is 0.388 e. The number of hydrogen-bond acceptors (Lipinski definition) is 5. The molecule has 3 aliphatic heterocycles. The summed E-state index contributed by atoms with van der Waals surface area (Å²) in [5, 5.41) is 10.7. The van der Waals surface area contributed by atoms with Crippen molar-refractivity contribution in [2.24, 2.45) is 0 Å². The van der Waals surface area contributed by atoms with Crippen molar-refractivity contribution in [1.82, 2.24) is 4.90 Å². The van der Waals surface area contributed by atoms with Gasteiger partial charge in [0.25, 0.3) is 0 Å². The third-order valence-corrected chi connectivity index (χ3v) is 6.45. The number of thioether (sulfide) groups is 1. The maximum absolute atomic E-state index is 10.7. The molecule has 3 saturated heterocycles. The van der Waals surface area contributed by atoms with Crippen LogP contribution in [-0.2, 0) is 9.47 Å². The molecule has 5 heteroatoms. The molecule has 0 bridgehead atoms. The minimum Gasteiger partial charge on any atom is -0.388 e. The molecule has 122 valence electrons. The van der Waals surface area contributed by atoms with E-state index in [1.807, 2.05) is 0 Å². The molecule has 3 heterocycles. The van der Waals surface area contributed by atoms with E-state index >= 15 is 0 Å². The van der Waals surface area contributed by atoms with Gasteiger partial charge in [0.15, 0.2) is 0 Å². The highest BCUT2D eigenvalue weighted by atomic mass is 32.2. The van der Waals surface area contributed by atoms with Crippen molar-refractivity contribution in [2.75, 3.05) is 44.9 Å². The molecular formula is C16H29NO3S. The van der Waals surface area contributed by atoms with Crippen molar-refractivity contribution in [3.63, 3.8) is 0 Å². The molecule has 1 spiro atoms. The van der Waals surface area contributed by atoms with Crippen molar-refractivity contribution in [1.29, 1.82) is 0 Å². The van der Waals surface area contributed by atoms with E-state index in [1.165, 1.54) is 24.3 Å². The van der Waals surface area contributed by atoms with Gasteiger partial charge in [0, 0.05) is 45.2 Å². The summed E-state index contributed by atoms with van der Waals surface area (Å²) in [4.78, 5) is 2.39. The number of nitrogens with zero attached hydrogens (tertiary/aromatic N) is 1. The second-order valence-electron chi connectivity index (χ2n) is 7.04. The number of ether oxygens (including phenoxy) is 2. The van der Waals surface area contributed by atoms with E-state index in [-0.39, 0.29) is 5.60 Å². The first-order valence-electron chi connectivity index (χ1n) is 8.33. The summed E-state index contributed by atoms with van der Waals surface area (Å²) in [5.41, 5.74) is -0.429. The molecule has 3 fully saturated rings. The van der Waals surface area contributed by atoms with Crippen LogP contribution in [0, 0.1) is 0 Å². The zero-order chi connectivity index (χ0) is 14.8. The molecule has 0 aromatic rings. The summed E-state index contributed by atoms with van der Waals surface area (Å²) in [7, 11) is 2.18. The minimum atomic E-state index is -0.555. The Morgan fingerprint density at radius 3 is 2.57 bits per heavy atom. The fourth-order valence-electron chi connectivity index (χ4n) is 3.97. The lowest BCUT2D eigenvalue weighted by molar-refractivity contribution is -0.124. The molecule has 0 aliphatic carbocycles. The van der Waals surface area contributed by atoms with Crippen LogP contribution in [0.1, 0.15) is 38.5 Å². The SMILES string of the molecule is CN(CC1(O)CCOCC1)C1CCOC2(CCSCC2)C1. The second kappa shape index (κ2) is 6.75. The first-order valence-corrected chi connectivity index (χ1v) is 9.49. The van der Waals surface area contributed by atoms with Crippen LogP contribution in [0.2, 0.25) is 0 Å². The Kier molecular flexibility index (Phi) is 5.16. The standard InChI is InChI=1S/C16H29NO3S/c1-17(13-15(18)3-8-19-9-4-15)14-2-7-20-16(12-14)5-10-21-11-6-16/h14,18H,2-13H2,1H3. The average Bonchev–Trinajstić information content (AvgIpc) is 2.48. The summed E-state index contributed by atoms with van der Waals surface area (Å²) in [6.45, 7) is 3.03. The number of rotatable bonds is 3. The van der Waals surface area contributed by atoms with E-state index in [2.05, 4.69) is 23.7 Å². The third kappa shape index (κ3) is 3.94. The van der Waals surface area contributed by atoms with Crippen molar-refractivity contribution in [2.45, 2.75) is 55.8 Å². The van der Waals surface area contributed by atoms with E-state index in [9.17, 15) is 5.11 Å². The summed E-state index contributed by atoms with van der Waals surface area (Å²) >= 11 is 2.05. The lowest BCUT2D eigenvalue weighted by Crippen LogP contribution is -2.53. The third-order valence-electron chi connectivity index (χ3n) is 5.46. The van der Waals surface area contributed by atoms with E-state index < -0.39 is 5.60 Å². The highest BCUT2D eigenvalue weighted by molar-refractivity contribution is 7.99. The van der Waals surface area contributed by atoms with Crippen LogP contribution >= 0.6 is 11.8 Å². The van der Waals surface area contributed by atoms with E-state index in [0.717, 1.165) is 38.8 Å². The van der Waals surface area contributed by atoms with Crippen LogP contribution in [0.15, 0.2) is 0 Å². The van der Waals surface area contributed by atoms with Crippen molar-refractivity contribution >= 4 is 11.8 Å². The van der Waals surface area contributed by atoms with E-state index in [1.54, 1.807) is 0 Å². The molecule has 3 rings (SSSR count). The lowest BCUT2D eigenvalue weighted by atomic mass is 9.84. The van der Waals surface area contributed by atoms with Crippen LogP contribution in [0.4, 0.5) is 0 Å². The molecule has 0 saturated carbocycles. The topological polar surface area (TPSA) is 41.9 Å². The molecule has 0 radical (unpaired) electrons. The fraction of sp³-hybridized carbons (Fsp3) is 1.00. The maximum Gasteiger partial charge on any atom is 0.0817 e. The van der Waals surface area contributed by atoms with Crippen LogP contribution in [0.3, 0.4) is 0 Å². The Bertz CT molecular complexity index is 335. The van der Waals surface area contributed by atoms with Gasteiger partial charge < -0.3 is 19.5 Å². The van der Waals surface area contributed by atoms with Gasteiger partial charge in [0.1, 0.15) is 0 Å². The monoisotopic (exact) mass is 315 g/mol. The molecule has 0 aromatic carbocycles. The summed E-state index contributed by atoms with van der Waals surface area (Å²) in [6.07, 6.45) is 6.15. The van der Waals surface area contributed by atoms with Crippen LogP contribution in [-0.4, -0.2) is 72.2 Å². The van der Waals surface area contributed by atoms with Gasteiger partial charge in [-0.3, -0.25) is 0 Å². The van der Waals surface area contributed by atoms with Gasteiger partial charge in [-0.15, -0.1) is 0 Å². The predicted molar refractivity (Wildman–Crippen MR) is 85.9 cm³/mol. The zero-order valence-corrected chi connectivity index (χ0v) is 14.0. The minimum absolute atomic E-state index is 0.126. The Morgan fingerprint density at radius 2 is 1.86 bits per heavy atom.